The maximum Gasteiger partial charge on any atom is 0.147 e. The molecule has 0 saturated carbocycles. The highest BCUT2D eigenvalue weighted by molar-refractivity contribution is 6.30. The molecule has 0 aliphatic carbocycles. The van der Waals surface area contributed by atoms with Gasteiger partial charge in [-0.05, 0) is 94.0 Å². The zero-order valence-electron chi connectivity index (χ0n) is 25.6. The number of aryl methyl sites for hydroxylation is 1. The summed E-state index contributed by atoms with van der Waals surface area (Å²) in [7, 11) is 0. The van der Waals surface area contributed by atoms with Crippen molar-refractivity contribution in [2.75, 3.05) is 11.4 Å². The van der Waals surface area contributed by atoms with E-state index in [0.29, 0.717) is 6.54 Å². The number of hydrogen-bond donors (Lipinski definition) is 1. The molecule has 0 amide bonds. The SMILES string of the molecule is C=C.C=C(CCC)Cc1c(C)c2c3c(cc(C)n3CCN2Cc2ncccn2)c1-c1ccc(Cl)cc1.CC(C)(C)O. The van der Waals surface area contributed by atoms with Crippen LogP contribution in [0.5, 0.6) is 0 Å². The molecule has 0 saturated heterocycles. The first-order valence-corrected chi connectivity index (χ1v) is 14.7. The summed E-state index contributed by atoms with van der Waals surface area (Å²) in [5.41, 5.74) is 9.89. The zero-order valence-corrected chi connectivity index (χ0v) is 26.4. The Kier molecular flexibility index (Phi) is 10.9. The van der Waals surface area contributed by atoms with Gasteiger partial charge in [-0.1, -0.05) is 49.2 Å². The second kappa shape index (κ2) is 14.0. The monoisotopic (exact) mass is 572 g/mol. The van der Waals surface area contributed by atoms with Gasteiger partial charge < -0.3 is 14.6 Å². The maximum atomic E-state index is 8.52. The first-order valence-electron chi connectivity index (χ1n) is 14.3. The van der Waals surface area contributed by atoms with E-state index in [1.165, 1.54) is 50.1 Å². The van der Waals surface area contributed by atoms with Gasteiger partial charge >= 0.3 is 0 Å². The number of allylic oxidation sites excluding steroid dienone is 1. The predicted molar refractivity (Wildman–Crippen MR) is 176 cm³/mol. The van der Waals surface area contributed by atoms with Crippen molar-refractivity contribution < 1.29 is 5.11 Å². The van der Waals surface area contributed by atoms with Crippen LogP contribution >= 0.6 is 11.6 Å². The van der Waals surface area contributed by atoms with E-state index in [4.69, 9.17) is 16.7 Å². The highest BCUT2D eigenvalue weighted by atomic mass is 35.5. The summed E-state index contributed by atoms with van der Waals surface area (Å²) in [5, 5.41) is 10.6. The molecule has 0 radical (unpaired) electrons. The number of aliphatic hydroxyl groups is 1. The highest BCUT2D eigenvalue weighted by Crippen LogP contribution is 2.45. The number of halogens is 1. The van der Waals surface area contributed by atoms with Crippen molar-refractivity contribution in [2.45, 2.75) is 79.5 Å². The molecule has 5 rings (SSSR count). The van der Waals surface area contributed by atoms with Gasteiger partial charge in [-0.15, -0.1) is 13.2 Å². The number of aromatic nitrogens is 3. The van der Waals surface area contributed by atoms with Crippen LogP contribution in [0.1, 0.15) is 63.2 Å². The van der Waals surface area contributed by atoms with Crippen molar-refractivity contribution in [3.8, 4) is 11.1 Å². The molecule has 0 unspecified atom stereocenters. The molecule has 0 atom stereocenters. The summed E-state index contributed by atoms with van der Waals surface area (Å²) in [4.78, 5) is 11.5. The molecule has 1 aliphatic rings. The zero-order chi connectivity index (χ0) is 30.3. The lowest BCUT2D eigenvalue weighted by atomic mass is 9.86. The summed E-state index contributed by atoms with van der Waals surface area (Å²) in [6.45, 7) is 25.0. The quantitative estimate of drug-likeness (QED) is 0.225. The summed E-state index contributed by atoms with van der Waals surface area (Å²) >= 11 is 6.26. The maximum absolute atomic E-state index is 8.52. The molecule has 2 aromatic carbocycles. The summed E-state index contributed by atoms with van der Waals surface area (Å²) < 4.78 is 2.48. The highest BCUT2D eigenvalue weighted by Gasteiger charge is 2.28. The van der Waals surface area contributed by atoms with Crippen LogP contribution in [0.4, 0.5) is 5.69 Å². The van der Waals surface area contributed by atoms with Crippen LogP contribution in [0.25, 0.3) is 22.0 Å². The van der Waals surface area contributed by atoms with E-state index >= 15 is 0 Å². The van der Waals surface area contributed by atoms with Gasteiger partial charge in [0.25, 0.3) is 0 Å². The van der Waals surface area contributed by atoms with E-state index in [1.807, 2.05) is 30.6 Å². The molecule has 5 nitrogen and oxygen atoms in total. The second-order valence-corrected chi connectivity index (χ2v) is 11.9. The Labute approximate surface area is 251 Å². The fourth-order valence-electron chi connectivity index (χ4n) is 5.40. The van der Waals surface area contributed by atoms with Gasteiger partial charge in [-0.25, -0.2) is 9.97 Å². The minimum absolute atomic E-state index is 0.500. The lowest BCUT2D eigenvalue weighted by Gasteiger charge is -2.34. The van der Waals surface area contributed by atoms with Crippen LogP contribution in [0.2, 0.25) is 5.02 Å². The van der Waals surface area contributed by atoms with Crippen LogP contribution in [0.15, 0.2) is 74.1 Å². The van der Waals surface area contributed by atoms with Crippen LogP contribution in [-0.2, 0) is 19.5 Å². The average molecular weight is 573 g/mol. The first kappa shape index (κ1) is 32.1. The Balaban J connectivity index is 0.000000598. The van der Waals surface area contributed by atoms with Gasteiger partial charge in [-0.3, -0.25) is 0 Å². The number of nitrogens with zero attached hydrogens (tertiary/aromatic N) is 4. The number of anilines is 1. The van der Waals surface area contributed by atoms with Gasteiger partial charge in [0.05, 0.1) is 23.3 Å². The third-order valence-electron chi connectivity index (χ3n) is 6.93. The van der Waals surface area contributed by atoms with E-state index in [0.717, 1.165) is 43.2 Å². The van der Waals surface area contributed by atoms with Gasteiger partial charge in [0, 0.05) is 41.6 Å². The van der Waals surface area contributed by atoms with Crippen molar-refractivity contribution in [1.29, 1.82) is 0 Å². The molecule has 1 N–H and O–H groups in total. The molecule has 0 bridgehead atoms. The fourth-order valence-corrected chi connectivity index (χ4v) is 5.53. The van der Waals surface area contributed by atoms with Crippen LogP contribution in [0.3, 0.4) is 0 Å². The van der Waals surface area contributed by atoms with Crippen LogP contribution < -0.4 is 4.90 Å². The number of benzene rings is 2. The van der Waals surface area contributed by atoms with Gasteiger partial charge in [0.1, 0.15) is 5.82 Å². The van der Waals surface area contributed by atoms with E-state index in [-0.39, 0.29) is 0 Å². The molecule has 218 valence electrons. The van der Waals surface area contributed by atoms with Crippen LogP contribution in [-0.4, -0.2) is 31.8 Å². The van der Waals surface area contributed by atoms with Crippen molar-refractivity contribution in [1.82, 2.24) is 14.5 Å². The molecule has 0 spiro atoms. The third kappa shape index (κ3) is 7.87. The van der Waals surface area contributed by atoms with Crippen molar-refractivity contribution in [2.24, 2.45) is 0 Å². The van der Waals surface area contributed by atoms with Gasteiger partial charge in [-0.2, -0.15) is 0 Å². The minimum atomic E-state index is -0.500. The standard InChI is InChI=1S/C29H31ClN4.C4H10O.C2H4/c1-5-7-19(2)16-24-21(4)28-29-25(27(24)22-8-10-23(30)11-9-22)17-20(3)34(29)15-14-33(28)18-26-31-12-6-13-32-26;1-4(2,3)5;1-2/h6,8-13,17H,2,5,7,14-16,18H2,1,3-4H3;5H,1-3H3;1-2H2. The first-order chi connectivity index (χ1) is 19.5. The third-order valence-corrected chi connectivity index (χ3v) is 7.18. The summed E-state index contributed by atoms with van der Waals surface area (Å²) in [6.07, 6.45) is 6.67. The Morgan fingerprint density at radius 3 is 2.24 bits per heavy atom. The smallest absolute Gasteiger partial charge is 0.147 e. The normalized spacial score (nSPS) is 12.3. The predicted octanol–water partition coefficient (Wildman–Crippen LogP) is 8.87. The van der Waals surface area contributed by atoms with Gasteiger partial charge in [0.2, 0.25) is 0 Å². The van der Waals surface area contributed by atoms with Crippen molar-refractivity contribution >= 4 is 28.2 Å². The fraction of sp³-hybridized carbons (Fsp3) is 0.371. The molecular weight excluding hydrogens is 528 g/mol. The molecule has 2 aromatic heterocycles. The Morgan fingerprint density at radius 1 is 1.05 bits per heavy atom. The Bertz CT molecular complexity index is 1460. The van der Waals surface area contributed by atoms with E-state index in [9.17, 15) is 0 Å². The minimum Gasteiger partial charge on any atom is -0.391 e. The topological polar surface area (TPSA) is 54.2 Å². The van der Waals surface area contributed by atoms with Crippen molar-refractivity contribution in [3.63, 3.8) is 0 Å². The lowest BCUT2D eigenvalue weighted by Crippen LogP contribution is -2.33. The Morgan fingerprint density at radius 2 is 1.66 bits per heavy atom. The Hall–Kier alpha value is -3.41. The van der Waals surface area contributed by atoms with Crippen LogP contribution in [0, 0.1) is 13.8 Å². The van der Waals surface area contributed by atoms with E-state index in [2.05, 4.69) is 78.1 Å². The number of hydrogen-bond acceptors (Lipinski definition) is 4. The largest absolute Gasteiger partial charge is 0.391 e. The molecule has 0 fully saturated rings. The molecule has 6 heteroatoms. The van der Waals surface area contributed by atoms with E-state index in [1.54, 1.807) is 20.8 Å². The molecule has 3 heterocycles. The molecule has 41 heavy (non-hydrogen) atoms. The second-order valence-electron chi connectivity index (χ2n) is 11.5. The number of rotatable bonds is 7. The van der Waals surface area contributed by atoms with Gasteiger partial charge in [0.15, 0.2) is 0 Å². The summed E-state index contributed by atoms with van der Waals surface area (Å²) in [6, 6.07) is 12.5. The average Bonchev–Trinajstić information content (AvgIpc) is 3.25. The lowest BCUT2D eigenvalue weighted by molar-refractivity contribution is 0.102. The molecule has 1 aliphatic heterocycles. The van der Waals surface area contributed by atoms with E-state index < -0.39 is 5.60 Å². The molecule has 4 aromatic rings. The summed E-state index contributed by atoms with van der Waals surface area (Å²) in [5.74, 6) is 0.852. The van der Waals surface area contributed by atoms with Crippen molar-refractivity contribution in [3.05, 3.63) is 102 Å². The molecular formula is C35H45ClN4O.